The van der Waals surface area contributed by atoms with E-state index >= 15 is 0 Å². The van der Waals surface area contributed by atoms with E-state index in [1.165, 1.54) is 5.56 Å². The van der Waals surface area contributed by atoms with Gasteiger partial charge in [0.05, 0.1) is 12.7 Å². The summed E-state index contributed by atoms with van der Waals surface area (Å²) in [6.07, 6.45) is 0.246. The molecule has 114 valence electrons. The quantitative estimate of drug-likeness (QED) is 0.746. The summed E-state index contributed by atoms with van der Waals surface area (Å²) in [5.41, 5.74) is 1.27. The number of hydrogen-bond donors (Lipinski definition) is 1. The van der Waals surface area contributed by atoms with Crippen LogP contribution in [-0.4, -0.2) is 25.9 Å². The summed E-state index contributed by atoms with van der Waals surface area (Å²) in [6, 6.07) is 8.65. The Morgan fingerprint density at radius 2 is 1.70 bits per heavy atom. The van der Waals surface area contributed by atoms with Gasteiger partial charge in [0.15, 0.2) is 0 Å². The second kappa shape index (κ2) is 8.98. The fourth-order valence-electron chi connectivity index (χ4n) is 1.92. The Morgan fingerprint density at radius 1 is 1.05 bits per heavy atom. The van der Waals surface area contributed by atoms with Gasteiger partial charge in [0.25, 0.3) is 0 Å². The number of hydrogen-bond acceptors (Lipinski definition) is 3. The molecular formula is C17H29NO2. The Kier molecular flexibility index (Phi) is 7.63. The SMILES string of the molecule is CCOC(C)CNC(C)c1ccc(OCC(C)C)cc1. The highest BCUT2D eigenvalue weighted by Gasteiger charge is 2.07. The summed E-state index contributed by atoms with van der Waals surface area (Å²) in [5.74, 6) is 1.49. The Bertz CT molecular complexity index is 362. The molecule has 0 aliphatic rings. The largest absolute Gasteiger partial charge is 0.493 e. The molecule has 1 N–H and O–H groups in total. The van der Waals surface area contributed by atoms with Crippen molar-refractivity contribution in [2.75, 3.05) is 19.8 Å². The van der Waals surface area contributed by atoms with E-state index in [0.29, 0.717) is 12.0 Å². The van der Waals surface area contributed by atoms with Gasteiger partial charge in [-0.05, 0) is 44.4 Å². The van der Waals surface area contributed by atoms with E-state index in [2.05, 4.69) is 45.1 Å². The first kappa shape index (κ1) is 17.0. The van der Waals surface area contributed by atoms with Crippen LogP contribution in [0.25, 0.3) is 0 Å². The number of nitrogens with one attached hydrogen (secondary N) is 1. The molecule has 0 heterocycles. The summed E-state index contributed by atoms with van der Waals surface area (Å²) in [5, 5.41) is 3.49. The Hall–Kier alpha value is -1.06. The molecule has 0 radical (unpaired) electrons. The molecule has 0 bridgehead atoms. The lowest BCUT2D eigenvalue weighted by molar-refractivity contribution is 0.0743. The molecule has 20 heavy (non-hydrogen) atoms. The zero-order valence-electron chi connectivity index (χ0n) is 13.5. The minimum Gasteiger partial charge on any atom is -0.493 e. The summed E-state index contributed by atoms with van der Waals surface area (Å²) in [4.78, 5) is 0. The average Bonchev–Trinajstić information content (AvgIpc) is 2.43. The molecule has 0 saturated heterocycles. The van der Waals surface area contributed by atoms with E-state index in [4.69, 9.17) is 9.47 Å². The summed E-state index contributed by atoms with van der Waals surface area (Å²) in [6.45, 7) is 13.0. The number of ether oxygens (including phenoxy) is 2. The van der Waals surface area contributed by atoms with Crippen LogP contribution in [0.4, 0.5) is 0 Å². The second-order valence-electron chi connectivity index (χ2n) is 5.67. The Morgan fingerprint density at radius 3 is 2.25 bits per heavy atom. The first-order valence-corrected chi connectivity index (χ1v) is 7.60. The van der Waals surface area contributed by atoms with Gasteiger partial charge in [-0.3, -0.25) is 0 Å². The minimum absolute atomic E-state index is 0.246. The van der Waals surface area contributed by atoms with Crippen LogP contribution < -0.4 is 10.1 Å². The molecule has 3 heteroatoms. The molecule has 0 aromatic heterocycles. The van der Waals surface area contributed by atoms with Crippen molar-refractivity contribution in [3.05, 3.63) is 29.8 Å². The lowest BCUT2D eigenvalue weighted by Gasteiger charge is -2.18. The van der Waals surface area contributed by atoms with Crippen molar-refractivity contribution < 1.29 is 9.47 Å². The van der Waals surface area contributed by atoms with Crippen LogP contribution in [0, 0.1) is 5.92 Å². The van der Waals surface area contributed by atoms with E-state index < -0.39 is 0 Å². The lowest BCUT2D eigenvalue weighted by atomic mass is 10.1. The van der Waals surface area contributed by atoms with Gasteiger partial charge >= 0.3 is 0 Å². The lowest BCUT2D eigenvalue weighted by Crippen LogP contribution is -2.29. The highest BCUT2D eigenvalue weighted by molar-refractivity contribution is 5.28. The second-order valence-corrected chi connectivity index (χ2v) is 5.67. The van der Waals surface area contributed by atoms with E-state index in [1.807, 2.05) is 19.1 Å². The zero-order chi connectivity index (χ0) is 15.0. The molecule has 0 saturated carbocycles. The summed E-state index contributed by atoms with van der Waals surface area (Å²) >= 11 is 0. The van der Waals surface area contributed by atoms with Gasteiger partial charge in [-0.2, -0.15) is 0 Å². The van der Waals surface area contributed by atoms with Gasteiger partial charge in [0.1, 0.15) is 5.75 Å². The third kappa shape index (κ3) is 6.40. The third-order valence-corrected chi connectivity index (χ3v) is 3.13. The fraction of sp³-hybridized carbons (Fsp3) is 0.647. The molecule has 1 rings (SSSR count). The molecule has 1 aromatic carbocycles. The topological polar surface area (TPSA) is 30.5 Å². The monoisotopic (exact) mass is 279 g/mol. The maximum atomic E-state index is 5.69. The third-order valence-electron chi connectivity index (χ3n) is 3.13. The highest BCUT2D eigenvalue weighted by atomic mass is 16.5. The smallest absolute Gasteiger partial charge is 0.119 e. The van der Waals surface area contributed by atoms with Gasteiger partial charge in [0.2, 0.25) is 0 Å². The molecule has 0 amide bonds. The van der Waals surface area contributed by atoms with Gasteiger partial charge in [-0.25, -0.2) is 0 Å². The van der Waals surface area contributed by atoms with Gasteiger partial charge in [0, 0.05) is 19.2 Å². The van der Waals surface area contributed by atoms with Gasteiger partial charge < -0.3 is 14.8 Å². The zero-order valence-corrected chi connectivity index (χ0v) is 13.5. The molecule has 0 aliphatic carbocycles. The summed E-state index contributed by atoms with van der Waals surface area (Å²) < 4.78 is 11.2. The van der Waals surface area contributed by atoms with Crippen LogP contribution in [0.15, 0.2) is 24.3 Å². The maximum Gasteiger partial charge on any atom is 0.119 e. The molecule has 0 spiro atoms. The van der Waals surface area contributed by atoms with E-state index in [0.717, 1.165) is 25.5 Å². The van der Waals surface area contributed by atoms with Crippen LogP contribution in [0.2, 0.25) is 0 Å². The van der Waals surface area contributed by atoms with Crippen molar-refractivity contribution in [2.24, 2.45) is 5.92 Å². The van der Waals surface area contributed by atoms with Crippen LogP contribution in [0.5, 0.6) is 5.75 Å². The van der Waals surface area contributed by atoms with Crippen molar-refractivity contribution in [1.29, 1.82) is 0 Å². The predicted molar refractivity (Wildman–Crippen MR) is 84.3 cm³/mol. The maximum absolute atomic E-state index is 5.69. The van der Waals surface area contributed by atoms with Crippen molar-refractivity contribution in [1.82, 2.24) is 5.32 Å². The molecule has 1 aromatic rings. The highest BCUT2D eigenvalue weighted by Crippen LogP contribution is 2.18. The van der Waals surface area contributed by atoms with Crippen LogP contribution in [0.1, 0.15) is 46.2 Å². The van der Waals surface area contributed by atoms with Gasteiger partial charge in [-0.1, -0.05) is 26.0 Å². The van der Waals surface area contributed by atoms with E-state index in [-0.39, 0.29) is 6.10 Å². The standard InChI is InChI=1S/C17H29NO2/c1-6-19-14(4)11-18-15(5)16-7-9-17(10-8-16)20-12-13(2)3/h7-10,13-15,18H,6,11-12H2,1-5H3. The predicted octanol–water partition coefficient (Wildman–Crippen LogP) is 3.80. The Labute approximate surface area is 123 Å². The van der Waals surface area contributed by atoms with Crippen LogP contribution >= 0.6 is 0 Å². The number of benzene rings is 1. The molecule has 2 atom stereocenters. The van der Waals surface area contributed by atoms with Crippen molar-refractivity contribution in [3.8, 4) is 5.75 Å². The minimum atomic E-state index is 0.246. The van der Waals surface area contributed by atoms with Crippen LogP contribution in [-0.2, 0) is 4.74 Å². The molecular weight excluding hydrogens is 250 g/mol. The van der Waals surface area contributed by atoms with E-state index in [9.17, 15) is 0 Å². The van der Waals surface area contributed by atoms with Crippen molar-refractivity contribution >= 4 is 0 Å². The first-order valence-electron chi connectivity index (χ1n) is 7.60. The van der Waals surface area contributed by atoms with Gasteiger partial charge in [-0.15, -0.1) is 0 Å². The molecule has 0 fully saturated rings. The average molecular weight is 279 g/mol. The normalized spacial score (nSPS) is 14.3. The molecule has 0 aliphatic heterocycles. The van der Waals surface area contributed by atoms with Crippen molar-refractivity contribution in [3.63, 3.8) is 0 Å². The molecule has 2 unspecified atom stereocenters. The van der Waals surface area contributed by atoms with Crippen LogP contribution in [0.3, 0.4) is 0 Å². The molecule has 3 nitrogen and oxygen atoms in total. The number of rotatable bonds is 9. The summed E-state index contributed by atoms with van der Waals surface area (Å²) in [7, 11) is 0. The fourth-order valence-corrected chi connectivity index (χ4v) is 1.92. The van der Waals surface area contributed by atoms with E-state index in [1.54, 1.807) is 0 Å². The Balaban J connectivity index is 2.42. The van der Waals surface area contributed by atoms with Crippen molar-refractivity contribution in [2.45, 2.75) is 46.8 Å². The first-order chi connectivity index (χ1) is 9.52.